The number of hydrogen-bond acceptors (Lipinski definition) is 5. The predicted octanol–water partition coefficient (Wildman–Crippen LogP) is 5.00. The Morgan fingerprint density at radius 2 is 1.49 bits per heavy atom. The number of halogens is 3. The number of rotatable bonds is 6. The van der Waals surface area contributed by atoms with Gasteiger partial charge in [-0.3, -0.25) is 0 Å². The molecule has 12 heteroatoms. The van der Waals surface area contributed by atoms with Crippen molar-refractivity contribution in [3.63, 3.8) is 0 Å². The highest BCUT2D eigenvalue weighted by Crippen LogP contribution is 2.33. The summed E-state index contributed by atoms with van der Waals surface area (Å²) < 4.78 is 71.6. The van der Waals surface area contributed by atoms with E-state index in [1.165, 1.54) is 41.1 Å². The highest BCUT2D eigenvalue weighted by molar-refractivity contribution is 7.85. The lowest BCUT2D eigenvalue weighted by atomic mass is 10.1. The van der Waals surface area contributed by atoms with Crippen molar-refractivity contribution in [2.75, 3.05) is 5.32 Å². The predicted molar refractivity (Wildman–Crippen MR) is 122 cm³/mol. The van der Waals surface area contributed by atoms with Gasteiger partial charge in [0.1, 0.15) is 5.75 Å². The fourth-order valence-electron chi connectivity index (χ4n) is 3.11. The van der Waals surface area contributed by atoms with E-state index in [4.69, 9.17) is 4.18 Å². The van der Waals surface area contributed by atoms with Crippen LogP contribution in [0.15, 0.2) is 91.0 Å². The minimum atomic E-state index is -4.64. The molecule has 180 valence electrons. The average Bonchev–Trinajstić information content (AvgIpc) is 3.26. The molecule has 0 radical (unpaired) electrons. The van der Waals surface area contributed by atoms with Gasteiger partial charge in [0, 0.05) is 11.3 Å². The Balaban J connectivity index is 1.51. The molecule has 0 saturated carbocycles. The van der Waals surface area contributed by atoms with Crippen LogP contribution < -0.4 is 14.2 Å². The molecule has 3 aromatic carbocycles. The van der Waals surface area contributed by atoms with E-state index >= 15 is 0 Å². The minimum Gasteiger partial charge on any atom is -0.367 e. The Morgan fingerprint density at radius 1 is 0.886 bits per heavy atom. The second kappa shape index (κ2) is 9.50. The molecular weight excluding hydrogens is 485 g/mol. The molecule has 0 atom stereocenters. The molecule has 0 bridgehead atoms. The van der Waals surface area contributed by atoms with Crippen LogP contribution in [0.4, 0.5) is 23.7 Å². The molecule has 8 nitrogen and oxygen atoms in total. The van der Waals surface area contributed by atoms with Crippen molar-refractivity contribution in [3.8, 4) is 22.7 Å². The standard InChI is InChI=1S/C23H17F3N4O4S/c24-23(25,26)21-15-20(30(28-21)18-7-3-1-4-8-18)16-11-13-17(14-12-16)27-22(31)29-35(32,33)34-19-9-5-2-6-10-19/h1-15H,(H2,27,29,31). The first-order chi connectivity index (χ1) is 16.6. The first kappa shape index (κ1) is 23.8. The molecular formula is C23H17F3N4O4S. The highest BCUT2D eigenvalue weighted by atomic mass is 32.2. The van der Waals surface area contributed by atoms with Gasteiger partial charge in [-0.1, -0.05) is 48.5 Å². The molecule has 4 rings (SSSR count). The maximum absolute atomic E-state index is 13.3. The summed E-state index contributed by atoms with van der Waals surface area (Å²) >= 11 is 0. The summed E-state index contributed by atoms with van der Waals surface area (Å²) in [6.45, 7) is 0. The Morgan fingerprint density at radius 3 is 2.09 bits per heavy atom. The highest BCUT2D eigenvalue weighted by Gasteiger charge is 2.35. The molecule has 4 aromatic rings. The van der Waals surface area contributed by atoms with Crippen molar-refractivity contribution in [2.24, 2.45) is 0 Å². The Bertz CT molecular complexity index is 1420. The van der Waals surface area contributed by atoms with Gasteiger partial charge < -0.3 is 9.50 Å². The molecule has 0 fully saturated rings. The summed E-state index contributed by atoms with van der Waals surface area (Å²) in [7, 11) is -4.43. The monoisotopic (exact) mass is 502 g/mol. The number of anilines is 1. The third kappa shape index (κ3) is 5.98. The first-order valence-corrected chi connectivity index (χ1v) is 11.4. The number of alkyl halides is 3. The largest absolute Gasteiger partial charge is 0.435 e. The second-order valence-electron chi connectivity index (χ2n) is 7.14. The van der Waals surface area contributed by atoms with Crippen molar-refractivity contribution in [3.05, 3.63) is 96.7 Å². The van der Waals surface area contributed by atoms with E-state index in [0.717, 1.165) is 6.07 Å². The van der Waals surface area contributed by atoms with Gasteiger partial charge in [-0.05, 0) is 42.5 Å². The van der Waals surface area contributed by atoms with Crippen molar-refractivity contribution >= 4 is 22.0 Å². The van der Waals surface area contributed by atoms with Gasteiger partial charge in [0.05, 0.1) is 11.4 Å². The smallest absolute Gasteiger partial charge is 0.367 e. The van der Waals surface area contributed by atoms with Gasteiger partial charge in [-0.15, -0.1) is 0 Å². The lowest BCUT2D eigenvalue weighted by molar-refractivity contribution is -0.141. The summed E-state index contributed by atoms with van der Waals surface area (Å²) in [6.07, 6.45) is -4.64. The topological polar surface area (TPSA) is 102 Å². The SMILES string of the molecule is O=C(Nc1ccc(-c2cc(C(F)(F)F)nn2-c2ccccc2)cc1)NS(=O)(=O)Oc1ccccc1. The number of benzene rings is 3. The van der Waals surface area contributed by atoms with Gasteiger partial charge in [0.25, 0.3) is 0 Å². The van der Waals surface area contributed by atoms with Crippen LogP contribution in [0.1, 0.15) is 5.69 Å². The van der Waals surface area contributed by atoms with Gasteiger partial charge in [-0.2, -0.15) is 26.7 Å². The maximum atomic E-state index is 13.3. The average molecular weight is 502 g/mol. The molecule has 0 aliphatic rings. The Kier molecular flexibility index (Phi) is 6.47. The zero-order chi connectivity index (χ0) is 25.1. The number of para-hydroxylation sites is 2. The molecule has 2 N–H and O–H groups in total. The van der Waals surface area contributed by atoms with Gasteiger partial charge in [-0.25, -0.2) is 14.2 Å². The number of hydrogen-bond donors (Lipinski definition) is 2. The summed E-state index contributed by atoms with van der Waals surface area (Å²) in [5, 5.41) is 6.03. The molecule has 0 aliphatic heterocycles. The van der Waals surface area contributed by atoms with Crippen LogP contribution in [-0.4, -0.2) is 24.2 Å². The molecule has 0 aliphatic carbocycles. The summed E-state index contributed by atoms with van der Waals surface area (Å²) in [5.74, 6) is 0.0189. The quantitative estimate of drug-likeness (QED) is 0.386. The summed E-state index contributed by atoms with van der Waals surface area (Å²) in [5.41, 5.74) is 0.147. The molecule has 2 amide bonds. The van der Waals surface area contributed by atoms with Crippen molar-refractivity contribution in [2.45, 2.75) is 6.18 Å². The van der Waals surface area contributed by atoms with E-state index in [0.29, 0.717) is 11.3 Å². The summed E-state index contributed by atoms with van der Waals surface area (Å²) in [4.78, 5) is 12.1. The molecule has 0 spiro atoms. The third-order valence-electron chi connectivity index (χ3n) is 4.61. The zero-order valence-electron chi connectivity index (χ0n) is 17.7. The molecule has 0 saturated heterocycles. The van der Waals surface area contributed by atoms with Crippen LogP contribution in [0, 0.1) is 0 Å². The maximum Gasteiger partial charge on any atom is 0.435 e. The zero-order valence-corrected chi connectivity index (χ0v) is 18.5. The Hall–Kier alpha value is -4.32. The number of nitrogens with one attached hydrogen (secondary N) is 2. The van der Waals surface area contributed by atoms with Crippen LogP contribution in [0.25, 0.3) is 16.9 Å². The fourth-order valence-corrected chi connectivity index (χ4v) is 3.79. The normalized spacial score (nSPS) is 11.6. The number of carbonyl (C=O) groups excluding carboxylic acids is 1. The number of nitrogens with zero attached hydrogens (tertiary/aromatic N) is 2. The third-order valence-corrected chi connectivity index (χ3v) is 5.45. The molecule has 1 heterocycles. The molecule has 1 aromatic heterocycles. The molecule has 35 heavy (non-hydrogen) atoms. The van der Waals surface area contributed by atoms with E-state index < -0.39 is 28.2 Å². The number of carbonyl (C=O) groups is 1. The Labute approximate surface area is 198 Å². The van der Waals surface area contributed by atoms with Crippen LogP contribution in [0.2, 0.25) is 0 Å². The molecule has 0 unspecified atom stereocenters. The lowest BCUT2D eigenvalue weighted by Crippen LogP contribution is -2.37. The van der Waals surface area contributed by atoms with E-state index in [1.807, 2.05) is 0 Å². The van der Waals surface area contributed by atoms with E-state index in [-0.39, 0.29) is 17.1 Å². The number of aromatic nitrogens is 2. The van der Waals surface area contributed by atoms with Crippen LogP contribution >= 0.6 is 0 Å². The van der Waals surface area contributed by atoms with Gasteiger partial charge in [0.2, 0.25) is 0 Å². The summed E-state index contributed by atoms with van der Waals surface area (Å²) in [6, 6.07) is 21.5. The van der Waals surface area contributed by atoms with E-state index in [9.17, 15) is 26.4 Å². The van der Waals surface area contributed by atoms with Crippen molar-refractivity contribution < 1.29 is 30.6 Å². The van der Waals surface area contributed by atoms with Gasteiger partial charge in [0.15, 0.2) is 5.69 Å². The van der Waals surface area contributed by atoms with Crippen molar-refractivity contribution in [1.29, 1.82) is 0 Å². The van der Waals surface area contributed by atoms with Crippen LogP contribution in [0.3, 0.4) is 0 Å². The number of urea groups is 1. The second-order valence-corrected chi connectivity index (χ2v) is 8.42. The van der Waals surface area contributed by atoms with Crippen molar-refractivity contribution in [1.82, 2.24) is 14.5 Å². The lowest BCUT2D eigenvalue weighted by Gasteiger charge is -2.10. The van der Waals surface area contributed by atoms with E-state index in [1.54, 1.807) is 53.3 Å². The van der Waals surface area contributed by atoms with Crippen LogP contribution in [0.5, 0.6) is 5.75 Å². The van der Waals surface area contributed by atoms with E-state index in [2.05, 4.69) is 10.4 Å². The number of amides is 2. The minimum absolute atomic E-state index is 0.0189. The fraction of sp³-hybridized carbons (Fsp3) is 0.0435. The first-order valence-electron chi connectivity index (χ1n) is 10.0. The van der Waals surface area contributed by atoms with Crippen LogP contribution in [-0.2, 0) is 16.5 Å². The van der Waals surface area contributed by atoms with Gasteiger partial charge >= 0.3 is 22.5 Å².